The second-order valence-electron chi connectivity index (χ2n) is 11.2. The number of carbonyl (C=O) groups excluding carboxylic acids is 1. The number of hydrogen-bond acceptors (Lipinski definition) is 5. The Hall–Kier alpha value is -3.18. The van der Waals surface area contributed by atoms with Crippen molar-refractivity contribution in [2.75, 3.05) is 6.61 Å². The SMILES string of the molecule is C=C1CC(CCO)CC(C)(NC(=O)Cc2nc3cnc4[nH]ccc4c3n2[C@H]2CC[C@@H](CC#N)CC2)C1. The zero-order chi connectivity index (χ0) is 25.3. The Morgan fingerprint density at radius 1 is 1.36 bits per heavy atom. The van der Waals surface area contributed by atoms with Gasteiger partial charge in [0.2, 0.25) is 5.91 Å². The number of H-pyrrole nitrogens is 1. The number of nitrogens with one attached hydrogen (secondary N) is 2. The molecule has 2 aliphatic carbocycles. The average molecular weight is 489 g/mol. The van der Waals surface area contributed by atoms with E-state index < -0.39 is 0 Å². The number of nitriles is 1. The van der Waals surface area contributed by atoms with E-state index in [1.54, 1.807) is 6.20 Å². The second kappa shape index (κ2) is 10.1. The van der Waals surface area contributed by atoms with E-state index in [9.17, 15) is 9.90 Å². The molecule has 0 aromatic carbocycles. The van der Waals surface area contributed by atoms with Crippen molar-refractivity contribution in [2.24, 2.45) is 11.8 Å². The van der Waals surface area contributed by atoms with Gasteiger partial charge in [0.1, 0.15) is 17.0 Å². The minimum Gasteiger partial charge on any atom is -0.396 e. The van der Waals surface area contributed by atoms with E-state index in [1.165, 1.54) is 0 Å². The molecule has 1 amide bonds. The monoisotopic (exact) mass is 488 g/mol. The number of rotatable bonds is 7. The number of nitrogens with zero attached hydrogens (tertiary/aromatic N) is 4. The van der Waals surface area contributed by atoms with Gasteiger partial charge in [-0.25, -0.2) is 9.97 Å². The number of aliphatic hydroxyl groups excluding tert-OH is 1. The van der Waals surface area contributed by atoms with Gasteiger partial charge in [0, 0.05) is 36.2 Å². The minimum atomic E-state index is -0.367. The van der Waals surface area contributed by atoms with Crippen LogP contribution < -0.4 is 5.32 Å². The number of hydrogen-bond donors (Lipinski definition) is 3. The Morgan fingerprint density at radius 2 is 2.17 bits per heavy atom. The fourth-order valence-electron chi connectivity index (χ4n) is 6.71. The number of aliphatic hydroxyl groups is 1. The average Bonchev–Trinajstić information content (AvgIpc) is 3.43. The lowest BCUT2D eigenvalue weighted by Crippen LogP contribution is -2.50. The van der Waals surface area contributed by atoms with Crippen molar-refractivity contribution in [2.45, 2.75) is 82.7 Å². The summed E-state index contributed by atoms with van der Waals surface area (Å²) in [5.41, 5.74) is 3.43. The van der Waals surface area contributed by atoms with Crippen LogP contribution in [0.25, 0.3) is 22.1 Å². The smallest absolute Gasteiger partial charge is 0.228 e. The lowest BCUT2D eigenvalue weighted by Gasteiger charge is -2.40. The first-order chi connectivity index (χ1) is 17.4. The lowest BCUT2D eigenvalue weighted by molar-refractivity contribution is -0.122. The van der Waals surface area contributed by atoms with Crippen molar-refractivity contribution in [3.8, 4) is 6.07 Å². The summed E-state index contributed by atoms with van der Waals surface area (Å²) >= 11 is 0. The molecule has 2 atom stereocenters. The van der Waals surface area contributed by atoms with Crippen LogP contribution in [-0.4, -0.2) is 42.7 Å². The molecule has 3 N–H and O–H groups in total. The van der Waals surface area contributed by atoms with Crippen molar-refractivity contribution in [3.05, 3.63) is 36.4 Å². The Labute approximate surface area is 211 Å². The first-order valence-electron chi connectivity index (χ1n) is 13.2. The van der Waals surface area contributed by atoms with E-state index in [0.29, 0.717) is 18.3 Å². The molecule has 0 radical (unpaired) electrons. The molecule has 8 nitrogen and oxygen atoms in total. The van der Waals surface area contributed by atoms with Crippen LogP contribution in [0, 0.1) is 23.2 Å². The van der Waals surface area contributed by atoms with Crippen LogP contribution in [-0.2, 0) is 11.2 Å². The van der Waals surface area contributed by atoms with Crippen molar-refractivity contribution >= 4 is 28.0 Å². The quantitative estimate of drug-likeness (QED) is 0.416. The number of pyridine rings is 1. The van der Waals surface area contributed by atoms with Crippen LogP contribution >= 0.6 is 0 Å². The molecule has 2 aliphatic rings. The number of amides is 1. The Morgan fingerprint density at radius 3 is 2.92 bits per heavy atom. The highest BCUT2D eigenvalue weighted by atomic mass is 16.3. The number of aromatic nitrogens is 4. The molecular weight excluding hydrogens is 452 g/mol. The lowest BCUT2D eigenvalue weighted by atomic mass is 9.73. The van der Waals surface area contributed by atoms with Crippen LogP contribution in [0.1, 0.15) is 76.6 Å². The standard InChI is InChI=1S/C28H36N6O2/c1-18-13-20(9-12-35)16-28(2,15-18)33-25(36)14-24-32-23-17-31-27-22(8-11-30-27)26(23)34(24)21-5-3-19(4-6-21)7-10-29/h8,11,17,19-21,35H,1,3-7,9,12-16H2,2H3,(H,30,31)(H,33,36)/t19-,20?,21+,28?. The highest BCUT2D eigenvalue weighted by Crippen LogP contribution is 2.39. The minimum absolute atomic E-state index is 0.0389. The largest absolute Gasteiger partial charge is 0.396 e. The first kappa shape index (κ1) is 24.5. The molecule has 3 heterocycles. The van der Waals surface area contributed by atoms with Crippen molar-refractivity contribution in [3.63, 3.8) is 0 Å². The first-order valence-corrected chi connectivity index (χ1v) is 13.2. The maximum atomic E-state index is 13.4. The molecule has 3 aromatic rings. The predicted molar refractivity (Wildman–Crippen MR) is 139 cm³/mol. The van der Waals surface area contributed by atoms with Crippen molar-refractivity contribution in [1.82, 2.24) is 24.8 Å². The molecule has 36 heavy (non-hydrogen) atoms. The Bertz CT molecular complexity index is 1310. The van der Waals surface area contributed by atoms with Gasteiger partial charge in [-0.15, -0.1) is 0 Å². The van der Waals surface area contributed by atoms with Gasteiger partial charge >= 0.3 is 0 Å². The highest BCUT2D eigenvalue weighted by molar-refractivity contribution is 6.01. The van der Waals surface area contributed by atoms with E-state index in [4.69, 9.17) is 10.2 Å². The maximum Gasteiger partial charge on any atom is 0.228 e. The van der Waals surface area contributed by atoms with E-state index >= 15 is 0 Å². The molecule has 3 aromatic heterocycles. The third kappa shape index (κ3) is 4.90. The zero-order valence-electron chi connectivity index (χ0n) is 21.1. The third-order valence-corrected chi connectivity index (χ3v) is 8.12. The molecular formula is C28H36N6O2. The molecule has 0 bridgehead atoms. The molecule has 0 aliphatic heterocycles. The van der Waals surface area contributed by atoms with Crippen molar-refractivity contribution in [1.29, 1.82) is 5.26 Å². The summed E-state index contributed by atoms with van der Waals surface area (Å²) in [6.07, 6.45) is 11.7. The normalized spacial score (nSPS) is 26.8. The van der Waals surface area contributed by atoms with E-state index in [0.717, 1.165) is 84.8 Å². The molecule has 5 rings (SSSR count). The summed E-state index contributed by atoms with van der Waals surface area (Å²) in [7, 11) is 0. The maximum absolute atomic E-state index is 13.4. The summed E-state index contributed by atoms with van der Waals surface area (Å²) in [5.74, 6) is 1.52. The van der Waals surface area contributed by atoms with Crippen LogP contribution in [0.15, 0.2) is 30.6 Å². The van der Waals surface area contributed by atoms with Crippen molar-refractivity contribution < 1.29 is 9.90 Å². The van der Waals surface area contributed by atoms with Gasteiger partial charge in [-0.05, 0) is 76.2 Å². The molecule has 2 unspecified atom stereocenters. The molecule has 8 heteroatoms. The number of aromatic amines is 1. The van der Waals surface area contributed by atoms with Crippen LogP contribution in [0.3, 0.4) is 0 Å². The molecule has 190 valence electrons. The molecule has 2 fully saturated rings. The Balaban J connectivity index is 1.43. The van der Waals surface area contributed by atoms with Crippen LogP contribution in [0.4, 0.5) is 0 Å². The zero-order valence-corrected chi connectivity index (χ0v) is 21.1. The Kier molecular flexibility index (Phi) is 6.85. The fourth-order valence-corrected chi connectivity index (χ4v) is 6.71. The number of imidazole rings is 1. The van der Waals surface area contributed by atoms with E-state index in [2.05, 4.69) is 39.4 Å². The van der Waals surface area contributed by atoms with Gasteiger partial charge in [-0.1, -0.05) is 12.2 Å². The van der Waals surface area contributed by atoms with Gasteiger partial charge in [0.05, 0.1) is 24.2 Å². The fraction of sp³-hybridized carbons (Fsp3) is 0.571. The van der Waals surface area contributed by atoms with Gasteiger partial charge in [-0.2, -0.15) is 5.26 Å². The van der Waals surface area contributed by atoms with Gasteiger partial charge in [0.15, 0.2) is 0 Å². The highest BCUT2D eigenvalue weighted by Gasteiger charge is 2.35. The van der Waals surface area contributed by atoms with Crippen LogP contribution in [0.2, 0.25) is 0 Å². The van der Waals surface area contributed by atoms with Gasteiger partial charge < -0.3 is 20.0 Å². The summed E-state index contributed by atoms with van der Waals surface area (Å²) in [6, 6.07) is 4.60. The summed E-state index contributed by atoms with van der Waals surface area (Å²) in [6.45, 7) is 6.45. The molecule has 2 saturated carbocycles. The van der Waals surface area contributed by atoms with Crippen LogP contribution in [0.5, 0.6) is 0 Å². The third-order valence-electron chi connectivity index (χ3n) is 8.12. The van der Waals surface area contributed by atoms with Gasteiger partial charge in [0.25, 0.3) is 0 Å². The predicted octanol–water partition coefficient (Wildman–Crippen LogP) is 4.71. The van der Waals surface area contributed by atoms with E-state index in [-0.39, 0.29) is 30.5 Å². The summed E-state index contributed by atoms with van der Waals surface area (Å²) in [4.78, 5) is 26.1. The van der Waals surface area contributed by atoms with Gasteiger partial charge in [-0.3, -0.25) is 4.79 Å². The number of carbonyl (C=O) groups is 1. The number of fused-ring (bicyclic) bond motifs is 3. The van der Waals surface area contributed by atoms with E-state index in [1.807, 2.05) is 12.3 Å². The summed E-state index contributed by atoms with van der Waals surface area (Å²) in [5, 5.41) is 22.9. The molecule has 0 spiro atoms. The second-order valence-corrected chi connectivity index (χ2v) is 11.2. The summed E-state index contributed by atoms with van der Waals surface area (Å²) < 4.78 is 2.28. The molecule has 0 saturated heterocycles. The topological polar surface area (TPSA) is 120 Å².